The molecule has 4 rings (SSSR count). The summed E-state index contributed by atoms with van der Waals surface area (Å²) < 4.78 is 5.70. The van der Waals surface area contributed by atoms with Gasteiger partial charge in [0, 0.05) is 17.9 Å². The zero-order chi connectivity index (χ0) is 21.5. The number of carbonyl (C=O) groups excluding carboxylic acids is 1. The Bertz CT molecular complexity index is 1040. The van der Waals surface area contributed by atoms with Crippen molar-refractivity contribution < 1.29 is 14.6 Å². The van der Waals surface area contributed by atoms with Gasteiger partial charge in [0.25, 0.3) is 0 Å². The predicted octanol–water partition coefficient (Wildman–Crippen LogP) is 4.43. The van der Waals surface area contributed by atoms with Gasteiger partial charge in [0.1, 0.15) is 5.75 Å². The van der Waals surface area contributed by atoms with Crippen LogP contribution >= 0.6 is 11.8 Å². The maximum absolute atomic E-state index is 13.2. The van der Waals surface area contributed by atoms with Gasteiger partial charge in [0.05, 0.1) is 28.5 Å². The van der Waals surface area contributed by atoms with E-state index < -0.39 is 5.72 Å². The molecule has 2 aliphatic rings. The molecule has 1 N–H and O–H groups in total. The number of ether oxygens (including phenoxy) is 1. The molecule has 1 saturated heterocycles. The van der Waals surface area contributed by atoms with Crippen LogP contribution in [0.1, 0.15) is 42.9 Å². The van der Waals surface area contributed by atoms with E-state index in [4.69, 9.17) is 4.74 Å². The highest BCUT2D eigenvalue weighted by atomic mass is 32.2. The van der Waals surface area contributed by atoms with E-state index in [0.29, 0.717) is 21.9 Å². The van der Waals surface area contributed by atoms with Crippen molar-refractivity contribution in [2.24, 2.45) is 0 Å². The molecule has 2 heterocycles. The summed E-state index contributed by atoms with van der Waals surface area (Å²) in [5.74, 6) is 0.558. The lowest BCUT2D eigenvalue weighted by Gasteiger charge is -2.38. The van der Waals surface area contributed by atoms with Crippen molar-refractivity contribution in [1.82, 2.24) is 4.90 Å². The molecule has 2 unspecified atom stereocenters. The van der Waals surface area contributed by atoms with Gasteiger partial charge in [-0.05, 0) is 38.5 Å². The molecular weight excluding hydrogens is 396 g/mol. The number of nitrogens with zero attached hydrogens (tertiary/aromatic N) is 2. The molecule has 0 aromatic heterocycles. The number of nitriles is 1. The maximum Gasteiger partial charge on any atom is 0.231 e. The molecule has 0 aliphatic carbocycles. The first-order valence-corrected chi connectivity index (χ1v) is 11.0. The van der Waals surface area contributed by atoms with Gasteiger partial charge in [0.15, 0.2) is 5.72 Å². The van der Waals surface area contributed by atoms with Gasteiger partial charge in [-0.25, -0.2) is 0 Å². The number of aliphatic hydroxyl groups is 1. The second-order valence-corrected chi connectivity index (χ2v) is 8.99. The zero-order valence-electron chi connectivity index (χ0n) is 17.3. The summed E-state index contributed by atoms with van der Waals surface area (Å²) in [7, 11) is 0. The van der Waals surface area contributed by atoms with Crippen LogP contribution in [0.15, 0.2) is 59.1 Å². The van der Waals surface area contributed by atoms with Crippen LogP contribution in [0.25, 0.3) is 0 Å². The molecule has 2 aliphatic heterocycles. The number of hydrogen-bond acceptors (Lipinski definition) is 5. The standard InChI is InChI=1S/C24H24N2O3S/c1-15(2)29-19-10-6-17(7-11-19)20-12-22(27)26-23(21(20)13-25)30-14-24(26,28)18-8-4-16(3)5-9-18/h4-11,15,20,28H,12,14H2,1-3H3. The summed E-state index contributed by atoms with van der Waals surface area (Å²) in [5.41, 5.74) is 1.73. The largest absolute Gasteiger partial charge is 0.491 e. The lowest BCUT2D eigenvalue weighted by atomic mass is 9.85. The van der Waals surface area contributed by atoms with Crippen molar-refractivity contribution in [2.75, 3.05) is 5.75 Å². The smallest absolute Gasteiger partial charge is 0.231 e. The minimum Gasteiger partial charge on any atom is -0.491 e. The number of allylic oxidation sites excluding steroid dienone is 1. The predicted molar refractivity (Wildman–Crippen MR) is 117 cm³/mol. The average Bonchev–Trinajstić information content (AvgIpc) is 3.08. The van der Waals surface area contributed by atoms with E-state index in [0.717, 1.165) is 16.9 Å². The summed E-state index contributed by atoms with van der Waals surface area (Å²) in [6.45, 7) is 5.91. The SMILES string of the molecule is Cc1ccc(C2(O)CSC3=C(C#N)C(c4ccc(OC(C)C)cc4)CC(=O)N32)cc1. The molecule has 2 atom stereocenters. The van der Waals surface area contributed by atoms with Crippen LogP contribution in [0.2, 0.25) is 0 Å². The van der Waals surface area contributed by atoms with Gasteiger partial charge in [0.2, 0.25) is 5.91 Å². The molecule has 0 saturated carbocycles. The van der Waals surface area contributed by atoms with E-state index in [1.165, 1.54) is 16.7 Å². The van der Waals surface area contributed by atoms with Gasteiger partial charge in [-0.2, -0.15) is 5.26 Å². The van der Waals surface area contributed by atoms with E-state index in [2.05, 4.69) is 6.07 Å². The normalized spacial score (nSPS) is 23.5. The highest BCUT2D eigenvalue weighted by molar-refractivity contribution is 8.03. The fraction of sp³-hybridized carbons (Fsp3) is 0.333. The Morgan fingerprint density at radius 1 is 1.20 bits per heavy atom. The Hall–Kier alpha value is -2.75. The third-order valence-electron chi connectivity index (χ3n) is 5.48. The van der Waals surface area contributed by atoms with Crippen molar-refractivity contribution in [2.45, 2.75) is 44.9 Å². The molecule has 0 radical (unpaired) electrons. The number of rotatable bonds is 4. The Labute approximate surface area is 181 Å². The molecule has 6 heteroatoms. The van der Waals surface area contributed by atoms with E-state index in [-0.39, 0.29) is 24.3 Å². The highest BCUT2D eigenvalue weighted by Crippen LogP contribution is 2.51. The van der Waals surface area contributed by atoms with Crippen LogP contribution in [-0.2, 0) is 10.5 Å². The molecular formula is C24H24N2O3S. The fourth-order valence-corrected chi connectivity index (χ4v) is 5.35. The minimum absolute atomic E-state index is 0.0757. The first-order chi connectivity index (χ1) is 14.3. The summed E-state index contributed by atoms with van der Waals surface area (Å²) in [6, 6.07) is 17.4. The average molecular weight is 421 g/mol. The molecule has 5 nitrogen and oxygen atoms in total. The zero-order valence-corrected chi connectivity index (χ0v) is 18.1. The first-order valence-electron chi connectivity index (χ1n) is 9.99. The maximum atomic E-state index is 13.2. The molecule has 2 aromatic carbocycles. The summed E-state index contributed by atoms with van der Waals surface area (Å²) in [6.07, 6.45) is 0.220. The number of fused-ring (bicyclic) bond motifs is 1. The number of hydrogen-bond donors (Lipinski definition) is 1. The van der Waals surface area contributed by atoms with Crippen molar-refractivity contribution >= 4 is 17.7 Å². The van der Waals surface area contributed by atoms with Crippen molar-refractivity contribution in [3.63, 3.8) is 0 Å². The van der Waals surface area contributed by atoms with Gasteiger partial charge in [-0.1, -0.05) is 42.0 Å². The second-order valence-electron chi connectivity index (χ2n) is 8.02. The Kier molecular flexibility index (Phi) is 5.35. The number of amides is 1. The third-order valence-corrected chi connectivity index (χ3v) is 6.70. The van der Waals surface area contributed by atoms with Gasteiger partial charge < -0.3 is 9.84 Å². The summed E-state index contributed by atoms with van der Waals surface area (Å²) >= 11 is 1.37. The molecule has 0 bridgehead atoms. The molecule has 2 aromatic rings. The van der Waals surface area contributed by atoms with Crippen LogP contribution in [-0.4, -0.2) is 27.8 Å². The van der Waals surface area contributed by atoms with E-state index in [1.54, 1.807) is 0 Å². The van der Waals surface area contributed by atoms with E-state index in [9.17, 15) is 15.2 Å². The van der Waals surface area contributed by atoms with Crippen molar-refractivity contribution in [3.05, 3.63) is 75.8 Å². The van der Waals surface area contributed by atoms with Crippen LogP contribution in [0.5, 0.6) is 5.75 Å². The first kappa shape index (κ1) is 20.5. The van der Waals surface area contributed by atoms with E-state index >= 15 is 0 Å². The van der Waals surface area contributed by atoms with Gasteiger partial charge >= 0.3 is 0 Å². The van der Waals surface area contributed by atoms with Crippen molar-refractivity contribution in [3.8, 4) is 11.8 Å². The molecule has 1 amide bonds. The second kappa shape index (κ2) is 7.82. The third kappa shape index (κ3) is 3.49. The molecule has 0 spiro atoms. The van der Waals surface area contributed by atoms with E-state index in [1.807, 2.05) is 69.3 Å². The Balaban J connectivity index is 1.71. The number of benzene rings is 2. The van der Waals surface area contributed by atoms with Crippen LogP contribution in [0.3, 0.4) is 0 Å². The molecule has 154 valence electrons. The number of carbonyl (C=O) groups is 1. The fourth-order valence-electron chi connectivity index (χ4n) is 3.99. The Morgan fingerprint density at radius 3 is 2.47 bits per heavy atom. The van der Waals surface area contributed by atoms with Crippen molar-refractivity contribution in [1.29, 1.82) is 5.26 Å². The summed E-state index contributed by atoms with van der Waals surface area (Å²) in [5, 5.41) is 21.9. The Morgan fingerprint density at radius 2 is 1.87 bits per heavy atom. The summed E-state index contributed by atoms with van der Waals surface area (Å²) in [4.78, 5) is 14.6. The molecule has 1 fully saturated rings. The molecule has 30 heavy (non-hydrogen) atoms. The topological polar surface area (TPSA) is 73.6 Å². The monoisotopic (exact) mass is 420 g/mol. The van der Waals surface area contributed by atoms with Crippen LogP contribution < -0.4 is 4.74 Å². The number of thioether (sulfide) groups is 1. The van der Waals surface area contributed by atoms with Gasteiger partial charge in [-0.15, -0.1) is 11.8 Å². The van der Waals surface area contributed by atoms with Gasteiger partial charge in [-0.3, -0.25) is 9.69 Å². The lowest BCUT2D eigenvalue weighted by Crippen LogP contribution is -2.48. The number of aryl methyl sites for hydroxylation is 1. The highest BCUT2D eigenvalue weighted by Gasteiger charge is 2.51. The quantitative estimate of drug-likeness (QED) is 0.792. The lowest BCUT2D eigenvalue weighted by molar-refractivity contribution is -0.149. The minimum atomic E-state index is -1.44. The van der Waals surface area contributed by atoms with Crippen LogP contribution in [0.4, 0.5) is 0 Å². The van der Waals surface area contributed by atoms with Crippen LogP contribution in [0, 0.1) is 18.3 Å².